The van der Waals surface area contributed by atoms with Crippen LogP contribution >= 0.6 is 0 Å². The van der Waals surface area contributed by atoms with Crippen molar-refractivity contribution in [3.05, 3.63) is 35.8 Å². The molecule has 0 aromatic carbocycles. The van der Waals surface area contributed by atoms with Gasteiger partial charge in [-0.2, -0.15) is 10.2 Å². The van der Waals surface area contributed by atoms with Crippen molar-refractivity contribution in [2.45, 2.75) is 20.0 Å². The molecular weight excluding hydrogens is 192 g/mol. The second-order valence-corrected chi connectivity index (χ2v) is 3.12. The summed E-state index contributed by atoms with van der Waals surface area (Å²) in [6.45, 7) is 2.02. The number of rotatable bonds is 3. The maximum absolute atomic E-state index is 9.12. The molecule has 0 radical (unpaired) electrons. The van der Waals surface area contributed by atoms with E-state index < -0.39 is 0 Å². The quantitative estimate of drug-likeness (QED) is 0.800. The van der Waals surface area contributed by atoms with Gasteiger partial charge in [0.1, 0.15) is 0 Å². The number of aromatic nitrogens is 4. The molecule has 2 aromatic rings. The van der Waals surface area contributed by atoms with Gasteiger partial charge in [0.15, 0.2) is 5.82 Å². The Morgan fingerprint density at radius 2 is 2.33 bits per heavy atom. The fraction of sp³-hybridized carbons (Fsp3) is 0.300. The summed E-state index contributed by atoms with van der Waals surface area (Å²) < 4.78 is 1.71. The van der Waals surface area contributed by atoms with Crippen molar-refractivity contribution < 1.29 is 5.11 Å². The third kappa shape index (κ3) is 1.73. The largest absolute Gasteiger partial charge is 0.392 e. The Bertz CT molecular complexity index is 438. The zero-order chi connectivity index (χ0) is 10.7. The molecule has 5 heteroatoms. The molecule has 78 valence electrons. The van der Waals surface area contributed by atoms with Crippen LogP contribution in [0.5, 0.6) is 0 Å². The molecule has 0 aliphatic heterocycles. The van der Waals surface area contributed by atoms with E-state index >= 15 is 0 Å². The molecule has 0 bridgehead atoms. The van der Waals surface area contributed by atoms with E-state index in [1.165, 1.54) is 0 Å². The van der Waals surface area contributed by atoms with Crippen LogP contribution in [0.4, 0.5) is 0 Å². The predicted molar refractivity (Wildman–Crippen MR) is 54.5 cm³/mol. The maximum Gasteiger partial charge on any atom is 0.175 e. The van der Waals surface area contributed by atoms with Crippen LogP contribution in [0.2, 0.25) is 0 Å². The van der Waals surface area contributed by atoms with E-state index in [4.69, 9.17) is 5.11 Å². The smallest absolute Gasteiger partial charge is 0.175 e. The highest BCUT2D eigenvalue weighted by molar-refractivity contribution is 5.27. The Labute approximate surface area is 87.4 Å². The molecule has 1 N–H and O–H groups in total. The highest BCUT2D eigenvalue weighted by Crippen LogP contribution is 2.13. The molecule has 0 saturated carbocycles. The van der Waals surface area contributed by atoms with Gasteiger partial charge in [0.05, 0.1) is 18.5 Å². The summed E-state index contributed by atoms with van der Waals surface area (Å²) >= 11 is 0. The van der Waals surface area contributed by atoms with Crippen LogP contribution in [0.1, 0.15) is 18.2 Å². The van der Waals surface area contributed by atoms with Crippen LogP contribution in [0.3, 0.4) is 0 Å². The minimum Gasteiger partial charge on any atom is -0.392 e. The van der Waals surface area contributed by atoms with Crippen LogP contribution in [-0.2, 0) is 13.0 Å². The first-order valence-corrected chi connectivity index (χ1v) is 4.81. The third-order valence-electron chi connectivity index (χ3n) is 2.24. The average Bonchev–Trinajstić information content (AvgIpc) is 2.72. The molecule has 5 nitrogen and oxygen atoms in total. The predicted octanol–water partition coefficient (Wildman–Crippen LogP) is 0.717. The van der Waals surface area contributed by atoms with Gasteiger partial charge in [0.2, 0.25) is 0 Å². The van der Waals surface area contributed by atoms with E-state index in [-0.39, 0.29) is 6.61 Å². The number of nitrogens with zero attached hydrogens (tertiary/aromatic N) is 4. The van der Waals surface area contributed by atoms with E-state index in [1.807, 2.05) is 19.1 Å². The van der Waals surface area contributed by atoms with Gasteiger partial charge in [-0.05, 0) is 18.6 Å². The summed E-state index contributed by atoms with van der Waals surface area (Å²) in [5.74, 6) is 0.675. The van der Waals surface area contributed by atoms with Gasteiger partial charge in [0.25, 0.3) is 0 Å². The lowest BCUT2D eigenvalue weighted by molar-refractivity contribution is 0.280. The minimum absolute atomic E-state index is 0.00341. The molecule has 2 heterocycles. The van der Waals surface area contributed by atoms with Crippen LogP contribution in [-0.4, -0.2) is 25.1 Å². The van der Waals surface area contributed by atoms with Crippen LogP contribution < -0.4 is 0 Å². The van der Waals surface area contributed by atoms with Crippen molar-refractivity contribution >= 4 is 0 Å². The highest BCUT2D eigenvalue weighted by Gasteiger charge is 2.10. The monoisotopic (exact) mass is 204 g/mol. The van der Waals surface area contributed by atoms with Gasteiger partial charge in [0, 0.05) is 11.8 Å². The van der Waals surface area contributed by atoms with Gasteiger partial charge >= 0.3 is 0 Å². The molecule has 0 unspecified atom stereocenters. The fourth-order valence-corrected chi connectivity index (χ4v) is 1.52. The second-order valence-electron chi connectivity index (χ2n) is 3.12. The first-order valence-electron chi connectivity index (χ1n) is 4.81. The zero-order valence-corrected chi connectivity index (χ0v) is 8.46. The van der Waals surface area contributed by atoms with E-state index in [0.717, 1.165) is 17.7 Å². The van der Waals surface area contributed by atoms with Gasteiger partial charge in [-0.15, -0.1) is 5.10 Å². The lowest BCUT2D eigenvalue weighted by Gasteiger charge is -2.04. The van der Waals surface area contributed by atoms with Crippen LogP contribution in [0.25, 0.3) is 5.82 Å². The Morgan fingerprint density at radius 1 is 1.47 bits per heavy atom. The summed E-state index contributed by atoms with van der Waals surface area (Å²) in [6, 6.07) is 3.64. The lowest BCUT2D eigenvalue weighted by atomic mass is 10.2. The summed E-state index contributed by atoms with van der Waals surface area (Å²) in [6.07, 6.45) is 4.07. The van der Waals surface area contributed by atoms with Crippen molar-refractivity contribution in [3.8, 4) is 5.82 Å². The van der Waals surface area contributed by atoms with Gasteiger partial charge in [-0.1, -0.05) is 6.92 Å². The van der Waals surface area contributed by atoms with Crippen molar-refractivity contribution in [1.82, 2.24) is 20.0 Å². The second kappa shape index (κ2) is 4.18. The van der Waals surface area contributed by atoms with Gasteiger partial charge in [-0.3, -0.25) is 0 Å². The van der Waals surface area contributed by atoms with E-state index in [9.17, 15) is 0 Å². The highest BCUT2D eigenvalue weighted by atomic mass is 16.3. The number of hydrogen-bond donors (Lipinski definition) is 1. The fourth-order valence-electron chi connectivity index (χ4n) is 1.52. The van der Waals surface area contributed by atoms with Crippen molar-refractivity contribution in [2.75, 3.05) is 0 Å². The Kier molecular flexibility index (Phi) is 2.73. The number of hydrogen-bond acceptors (Lipinski definition) is 4. The molecule has 15 heavy (non-hydrogen) atoms. The molecule has 2 rings (SSSR count). The molecule has 0 saturated heterocycles. The molecular formula is C10H12N4O. The minimum atomic E-state index is 0.00341. The summed E-state index contributed by atoms with van der Waals surface area (Å²) in [4.78, 5) is 0. The van der Waals surface area contributed by atoms with Gasteiger partial charge < -0.3 is 5.11 Å². The number of aliphatic hydroxyl groups excluding tert-OH is 1. The van der Waals surface area contributed by atoms with Crippen molar-refractivity contribution in [1.29, 1.82) is 0 Å². The van der Waals surface area contributed by atoms with E-state index in [1.54, 1.807) is 17.1 Å². The van der Waals surface area contributed by atoms with Crippen molar-refractivity contribution in [2.24, 2.45) is 0 Å². The molecule has 0 atom stereocenters. The Balaban J connectivity index is 2.49. The van der Waals surface area contributed by atoms with E-state index in [2.05, 4.69) is 15.3 Å². The first kappa shape index (κ1) is 9.79. The van der Waals surface area contributed by atoms with E-state index in [0.29, 0.717) is 5.82 Å². The maximum atomic E-state index is 9.12. The SMILES string of the molecule is CCc1c(CO)cnn1-c1cccnn1. The number of aliphatic hydroxyl groups is 1. The molecule has 0 fully saturated rings. The van der Waals surface area contributed by atoms with Crippen LogP contribution in [0.15, 0.2) is 24.5 Å². The summed E-state index contributed by atoms with van der Waals surface area (Å²) in [5.41, 5.74) is 1.81. The zero-order valence-electron chi connectivity index (χ0n) is 8.46. The summed E-state index contributed by atoms with van der Waals surface area (Å²) in [5, 5.41) is 21.1. The van der Waals surface area contributed by atoms with Crippen LogP contribution in [0, 0.1) is 0 Å². The Morgan fingerprint density at radius 3 is 2.93 bits per heavy atom. The molecule has 0 spiro atoms. The average molecular weight is 204 g/mol. The third-order valence-corrected chi connectivity index (χ3v) is 2.24. The topological polar surface area (TPSA) is 63.8 Å². The first-order chi connectivity index (χ1) is 7.36. The molecule has 2 aromatic heterocycles. The molecule has 0 amide bonds. The molecule has 0 aliphatic rings. The normalized spacial score (nSPS) is 10.5. The standard InChI is InChI=1S/C10H12N4O/c1-2-9-8(7-15)6-12-14(9)10-4-3-5-11-13-10/h3-6,15H,2,7H2,1H3. The van der Waals surface area contributed by atoms with Crippen molar-refractivity contribution in [3.63, 3.8) is 0 Å². The lowest BCUT2D eigenvalue weighted by Crippen LogP contribution is -2.05. The summed E-state index contributed by atoms with van der Waals surface area (Å²) in [7, 11) is 0. The Hall–Kier alpha value is -1.75. The van der Waals surface area contributed by atoms with Gasteiger partial charge in [-0.25, -0.2) is 4.68 Å². The molecule has 0 aliphatic carbocycles.